The Labute approximate surface area is 220 Å². The molecule has 1 N–H and O–H groups in total. The van der Waals surface area contributed by atoms with Gasteiger partial charge in [-0.3, -0.25) is 9.88 Å². The Hall–Kier alpha value is -3.01. The van der Waals surface area contributed by atoms with Crippen LogP contribution in [-0.4, -0.2) is 83.2 Å². The van der Waals surface area contributed by atoms with Gasteiger partial charge in [-0.05, 0) is 78.9 Å². The molecule has 0 aliphatic carbocycles. The van der Waals surface area contributed by atoms with E-state index in [0.717, 1.165) is 71.2 Å². The van der Waals surface area contributed by atoms with Gasteiger partial charge >= 0.3 is 0 Å². The van der Waals surface area contributed by atoms with Crippen molar-refractivity contribution < 1.29 is 4.74 Å². The summed E-state index contributed by atoms with van der Waals surface area (Å²) in [6.07, 6.45) is 5.60. The Bertz CT molecular complexity index is 1280. The molecule has 1 aliphatic heterocycles. The van der Waals surface area contributed by atoms with E-state index < -0.39 is 0 Å². The summed E-state index contributed by atoms with van der Waals surface area (Å²) >= 11 is 3.75. The first-order valence-electron chi connectivity index (χ1n) is 12.3. The minimum absolute atomic E-state index is 0.365. The third kappa shape index (κ3) is 5.38. The van der Waals surface area contributed by atoms with Crippen molar-refractivity contribution in [3.05, 3.63) is 65.0 Å². The number of anilines is 1. The van der Waals surface area contributed by atoms with Crippen molar-refractivity contribution in [2.45, 2.75) is 13.0 Å². The molecule has 0 amide bonds. The van der Waals surface area contributed by atoms with Crippen LogP contribution in [0.25, 0.3) is 22.6 Å². The fraction of sp³-hybridized carbons (Fsp3) is 0.370. The first kappa shape index (κ1) is 24.7. The van der Waals surface area contributed by atoms with Crippen molar-refractivity contribution in [1.82, 2.24) is 29.7 Å². The predicted molar refractivity (Wildman–Crippen MR) is 148 cm³/mol. The number of nitrogens with one attached hydrogen (secondary N) is 1. The van der Waals surface area contributed by atoms with Crippen LogP contribution >= 0.6 is 15.9 Å². The highest BCUT2D eigenvalue weighted by molar-refractivity contribution is 9.10. The quantitative estimate of drug-likeness (QED) is 0.344. The van der Waals surface area contributed by atoms with E-state index in [-0.39, 0.29) is 0 Å². The number of fused-ring (bicyclic) bond motifs is 1. The van der Waals surface area contributed by atoms with Crippen LogP contribution < -0.4 is 9.64 Å². The highest BCUT2D eigenvalue weighted by atomic mass is 79.9. The monoisotopic (exact) mass is 549 g/mol. The minimum Gasteiger partial charge on any atom is -0.492 e. The van der Waals surface area contributed by atoms with Crippen molar-refractivity contribution in [2.75, 3.05) is 58.3 Å². The standard InChI is InChI=1S/C27H32BrN7O/c1-19(20-8-10-29-11-9-20)34-12-14-35(15-13-34)25-23(28)18-30-27-24(25)31-26(32-27)21-4-6-22(7-5-21)36-17-16-33(2)3/h4-11,18-19H,12-17H2,1-3H3,(H,30,31,32). The van der Waals surface area contributed by atoms with Crippen molar-refractivity contribution in [2.24, 2.45) is 0 Å². The number of piperazine rings is 1. The van der Waals surface area contributed by atoms with Gasteiger partial charge in [0.15, 0.2) is 5.65 Å². The molecule has 1 saturated heterocycles. The molecule has 8 nitrogen and oxygen atoms in total. The first-order valence-corrected chi connectivity index (χ1v) is 13.1. The first-order chi connectivity index (χ1) is 17.5. The van der Waals surface area contributed by atoms with Crippen LogP contribution in [-0.2, 0) is 0 Å². The highest BCUT2D eigenvalue weighted by Gasteiger charge is 2.25. The lowest BCUT2D eigenvalue weighted by Gasteiger charge is -2.39. The van der Waals surface area contributed by atoms with E-state index in [9.17, 15) is 0 Å². The molecule has 4 heterocycles. The largest absolute Gasteiger partial charge is 0.492 e. The van der Waals surface area contributed by atoms with Gasteiger partial charge in [0.05, 0.1) is 10.2 Å². The normalized spacial score (nSPS) is 15.5. The number of H-pyrrole nitrogens is 1. The summed E-state index contributed by atoms with van der Waals surface area (Å²) in [6.45, 7) is 7.64. The van der Waals surface area contributed by atoms with E-state index in [1.165, 1.54) is 5.56 Å². The maximum absolute atomic E-state index is 5.83. The van der Waals surface area contributed by atoms with E-state index in [2.05, 4.69) is 64.6 Å². The van der Waals surface area contributed by atoms with E-state index >= 15 is 0 Å². The summed E-state index contributed by atoms with van der Waals surface area (Å²) in [5, 5.41) is 0. The van der Waals surface area contributed by atoms with Crippen LogP contribution in [0.3, 0.4) is 0 Å². The van der Waals surface area contributed by atoms with Crippen LogP contribution in [0.15, 0.2) is 59.5 Å². The molecule has 5 rings (SSSR count). The molecule has 0 radical (unpaired) electrons. The molecule has 0 bridgehead atoms. The Morgan fingerprint density at radius 2 is 1.78 bits per heavy atom. The summed E-state index contributed by atoms with van der Waals surface area (Å²) in [5.41, 5.74) is 5.12. The van der Waals surface area contributed by atoms with Crippen LogP contribution in [0.1, 0.15) is 18.5 Å². The van der Waals surface area contributed by atoms with Crippen LogP contribution in [0.4, 0.5) is 5.69 Å². The predicted octanol–water partition coefficient (Wildman–Crippen LogP) is 4.61. The third-order valence-electron chi connectivity index (χ3n) is 6.75. The average Bonchev–Trinajstić information content (AvgIpc) is 3.33. The second-order valence-corrected chi connectivity index (χ2v) is 10.2. The molecule has 3 aromatic heterocycles. The van der Waals surface area contributed by atoms with Gasteiger partial charge in [-0.1, -0.05) is 0 Å². The molecular formula is C27H32BrN7O. The summed E-state index contributed by atoms with van der Waals surface area (Å²) < 4.78 is 6.81. The molecule has 188 valence electrons. The molecular weight excluding hydrogens is 518 g/mol. The second-order valence-electron chi connectivity index (χ2n) is 9.39. The summed E-state index contributed by atoms with van der Waals surface area (Å²) in [6, 6.07) is 12.6. The number of ether oxygens (including phenoxy) is 1. The maximum atomic E-state index is 5.83. The topological polar surface area (TPSA) is 73.4 Å². The number of likely N-dealkylation sites (N-methyl/N-ethyl adjacent to an activating group) is 1. The van der Waals surface area contributed by atoms with Gasteiger partial charge in [-0.15, -0.1) is 0 Å². The second kappa shape index (κ2) is 10.9. The van der Waals surface area contributed by atoms with Crippen LogP contribution in [0, 0.1) is 0 Å². The number of imidazole rings is 1. The van der Waals surface area contributed by atoms with Crippen molar-refractivity contribution in [3.8, 4) is 17.1 Å². The molecule has 9 heteroatoms. The SMILES string of the molecule is CC(c1ccncc1)N1CCN(c2c(Br)cnc3nc(-c4ccc(OCCN(C)C)cc4)[nH]c23)CC1. The van der Waals surface area contributed by atoms with Gasteiger partial charge in [0.1, 0.15) is 23.7 Å². The molecule has 1 fully saturated rings. The molecule has 4 aromatic rings. The van der Waals surface area contributed by atoms with Gasteiger partial charge in [0.2, 0.25) is 0 Å². The van der Waals surface area contributed by atoms with Crippen molar-refractivity contribution >= 4 is 32.8 Å². The lowest BCUT2D eigenvalue weighted by atomic mass is 10.1. The summed E-state index contributed by atoms with van der Waals surface area (Å²) in [7, 11) is 4.08. The maximum Gasteiger partial charge on any atom is 0.180 e. The number of aromatic nitrogens is 4. The number of benzene rings is 1. The molecule has 1 aromatic carbocycles. The van der Waals surface area contributed by atoms with Crippen molar-refractivity contribution in [3.63, 3.8) is 0 Å². The van der Waals surface area contributed by atoms with Gasteiger partial charge < -0.3 is 19.5 Å². The zero-order chi connectivity index (χ0) is 25.1. The van der Waals surface area contributed by atoms with Crippen LogP contribution in [0.5, 0.6) is 5.75 Å². The average molecular weight is 551 g/mol. The third-order valence-corrected chi connectivity index (χ3v) is 7.33. The van der Waals surface area contributed by atoms with E-state index in [1.807, 2.05) is 57.0 Å². The molecule has 36 heavy (non-hydrogen) atoms. The van der Waals surface area contributed by atoms with Gasteiger partial charge in [0.25, 0.3) is 0 Å². The fourth-order valence-corrected chi connectivity index (χ4v) is 5.16. The molecule has 1 atom stereocenters. The van der Waals surface area contributed by atoms with E-state index in [1.54, 1.807) is 0 Å². The van der Waals surface area contributed by atoms with E-state index in [4.69, 9.17) is 9.72 Å². The lowest BCUT2D eigenvalue weighted by Crippen LogP contribution is -2.47. The number of hydrogen-bond donors (Lipinski definition) is 1. The Kier molecular flexibility index (Phi) is 7.50. The van der Waals surface area contributed by atoms with Gasteiger partial charge in [0, 0.05) is 62.9 Å². The lowest BCUT2D eigenvalue weighted by molar-refractivity contribution is 0.198. The Balaban J connectivity index is 1.32. The molecule has 1 unspecified atom stereocenters. The van der Waals surface area contributed by atoms with Crippen molar-refractivity contribution in [1.29, 1.82) is 0 Å². The zero-order valence-electron chi connectivity index (χ0n) is 21.0. The summed E-state index contributed by atoms with van der Waals surface area (Å²) in [5.74, 6) is 1.67. The number of hydrogen-bond acceptors (Lipinski definition) is 7. The Morgan fingerprint density at radius 1 is 1.06 bits per heavy atom. The minimum atomic E-state index is 0.365. The fourth-order valence-electron chi connectivity index (χ4n) is 4.61. The van der Waals surface area contributed by atoms with Gasteiger partial charge in [-0.2, -0.15) is 0 Å². The molecule has 1 aliphatic rings. The zero-order valence-corrected chi connectivity index (χ0v) is 22.6. The number of pyridine rings is 2. The van der Waals surface area contributed by atoms with E-state index in [0.29, 0.717) is 12.6 Å². The number of rotatable bonds is 8. The smallest absolute Gasteiger partial charge is 0.180 e. The highest BCUT2D eigenvalue weighted by Crippen LogP contribution is 2.35. The molecule has 0 spiro atoms. The summed E-state index contributed by atoms with van der Waals surface area (Å²) in [4.78, 5) is 24.1. The van der Waals surface area contributed by atoms with Crippen LogP contribution in [0.2, 0.25) is 0 Å². The molecule has 0 saturated carbocycles. The number of nitrogens with zero attached hydrogens (tertiary/aromatic N) is 6. The number of halogens is 1. The number of aromatic amines is 1. The van der Waals surface area contributed by atoms with Gasteiger partial charge in [-0.25, -0.2) is 9.97 Å². The Morgan fingerprint density at radius 3 is 2.47 bits per heavy atom.